The predicted octanol–water partition coefficient (Wildman–Crippen LogP) is 1.65. The van der Waals surface area contributed by atoms with Gasteiger partial charge in [0.05, 0.1) is 16.5 Å². The van der Waals surface area contributed by atoms with Gasteiger partial charge in [0.25, 0.3) is 15.9 Å². The summed E-state index contributed by atoms with van der Waals surface area (Å²) in [6, 6.07) is 17.4. The number of nitrogens with zero attached hydrogens (tertiary/aromatic N) is 2. The fourth-order valence-electron chi connectivity index (χ4n) is 4.51. The van der Waals surface area contributed by atoms with Gasteiger partial charge in [0, 0.05) is 6.54 Å². The molecule has 3 aromatic carbocycles. The first-order valence-electron chi connectivity index (χ1n) is 12.8. The van der Waals surface area contributed by atoms with Crippen LogP contribution < -0.4 is 19.5 Å². The summed E-state index contributed by atoms with van der Waals surface area (Å²) in [6.45, 7) is -0.247. The Bertz CT molecular complexity index is 1760. The number of hydroxylamine groups is 1. The molecule has 0 spiro atoms. The Morgan fingerprint density at radius 2 is 1.67 bits per heavy atom. The van der Waals surface area contributed by atoms with Crippen molar-refractivity contribution < 1.29 is 41.2 Å². The van der Waals surface area contributed by atoms with Crippen LogP contribution in [0.4, 0.5) is 0 Å². The number of rotatable bonds is 12. The van der Waals surface area contributed by atoms with Gasteiger partial charge < -0.3 is 15.1 Å². The number of benzene rings is 3. The third kappa shape index (κ3) is 6.06. The average Bonchev–Trinajstić information content (AvgIpc) is 3.59. The minimum atomic E-state index is -4.18. The van der Waals surface area contributed by atoms with Crippen LogP contribution >= 0.6 is 0 Å². The molecule has 220 valence electrons. The van der Waals surface area contributed by atoms with Gasteiger partial charge in [0.15, 0.2) is 0 Å². The van der Waals surface area contributed by atoms with Crippen LogP contribution in [-0.2, 0) is 20.0 Å². The van der Waals surface area contributed by atoms with Crippen LogP contribution in [0.15, 0.2) is 101 Å². The van der Waals surface area contributed by atoms with Crippen LogP contribution in [0.25, 0.3) is 5.69 Å². The molecule has 1 aliphatic rings. The minimum Gasteiger partial charge on any atom is -0.457 e. The van der Waals surface area contributed by atoms with Gasteiger partial charge in [-0.2, -0.15) is 5.48 Å². The zero-order chi connectivity index (χ0) is 29.9. The molecule has 1 unspecified atom stereocenters. The van der Waals surface area contributed by atoms with E-state index in [1.54, 1.807) is 36.2 Å². The predicted molar refractivity (Wildman–Crippen MR) is 148 cm³/mol. The van der Waals surface area contributed by atoms with Gasteiger partial charge >= 0.3 is 0 Å². The topological polar surface area (TPSA) is 182 Å². The Morgan fingerprint density at radius 1 is 1.00 bits per heavy atom. The number of aliphatic hydroxyl groups is 1. The minimum absolute atomic E-state index is 0.000949. The second-order valence-corrected chi connectivity index (χ2v) is 13.0. The van der Waals surface area contributed by atoms with E-state index in [0.29, 0.717) is 15.8 Å². The maximum absolute atomic E-state index is 13.1. The molecule has 0 radical (unpaired) electrons. The molecule has 42 heavy (non-hydrogen) atoms. The number of imidazole rings is 1. The van der Waals surface area contributed by atoms with Crippen molar-refractivity contribution in [3.8, 4) is 17.2 Å². The molecule has 15 heteroatoms. The molecular formula is C27H28N5O8S2+. The Hall–Kier alpha value is -4.12. The van der Waals surface area contributed by atoms with E-state index in [1.807, 2.05) is 22.9 Å². The molecule has 0 fully saturated rings. The van der Waals surface area contributed by atoms with E-state index in [-0.39, 0.29) is 34.7 Å². The molecule has 4 aromatic rings. The molecule has 5 N–H and O–H groups in total. The van der Waals surface area contributed by atoms with Gasteiger partial charge in [-0.1, -0.05) is 12.1 Å². The molecular weight excluding hydrogens is 586 g/mol. The summed E-state index contributed by atoms with van der Waals surface area (Å²) in [5.74, 6) is 0.255. The average molecular weight is 615 g/mol. The van der Waals surface area contributed by atoms with Gasteiger partial charge in [0.2, 0.25) is 16.4 Å². The maximum atomic E-state index is 13.1. The SMILES string of the molecule is O=C1c2ccccc2S(=O)(=O)N1CCC[C@@H](NS(=O)(=O)c1ccc(Oc2ccc(-[n+]3cc[nH]c3)cc2)cc1)C(O)NO. The molecule has 5 rings (SSSR count). The van der Waals surface area contributed by atoms with Gasteiger partial charge in [0.1, 0.15) is 40.7 Å². The lowest BCUT2D eigenvalue weighted by atomic mass is 10.1. The van der Waals surface area contributed by atoms with E-state index in [2.05, 4.69) is 9.71 Å². The van der Waals surface area contributed by atoms with E-state index in [4.69, 9.17) is 4.74 Å². The number of aromatic amines is 1. The highest BCUT2D eigenvalue weighted by Crippen LogP contribution is 2.30. The van der Waals surface area contributed by atoms with Crippen LogP contribution in [0.2, 0.25) is 0 Å². The van der Waals surface area contributed by atoms with Crippen LogP contribution in [0, 0.1) is 0 Å². The number of ether oxygens (including phenoxy) is 1. The standard InChI is InChI=1S/C27H27N5O8S2/c33-26(29-35)24(5-3-16-32-27(34)23-4-1-2-6-25(23)42(32,38)39)30-41(36,37)22-13-11-21(12-14-22)40-20-9-7-19(8-10-20)31-17-15-28-18-31/h1-2,4,6-15,17-18,24,26,29-30,33,35H,3,5,16H2/p+1/t24-,26?/m1/s1. The lowest BCUT2D eigenvalue weighted by Crippen LogP contribution is -2.49. The molecule has 0 aliphatic carbocycles. The van der Waals surface area contributed by atoms with Crippen molar-refractivity contribution in [1.82, 2.24) is 19.5 Å². The Balaban J connectivity index is 1.21. The fraction of sp³-hybridized carbons (Fsp3) is 0.185. The van der Waals surface area contributed by atoms with Gasteiger partial charge in [-0.05, 0) is 73.5 Å². The smallest absolute Gasteiger partial charge is 0.269 e. The first kappa shape index (κ1) is 29.4. The number of nitrogens with one attached hydrogen (secondary N) is 3. The van der Waals surface area contributed by atoms with Gasteiger partial charge in [-0.25, -0.2) is 35.4 Å². The van der Waals surface area contributed by atoms with E-state index < -0.39 is 38.2 Å². The van der Waals surface area contributed by atoms with E-state index in [1.165, 1.54) is 42.5 Å². The molecule has 2 heterocycles. The first-order chi connectivity index (χ1) is 20.1. The van der Waals surface area contributed by atoms with Crippen molar-refractivity contribution in [2.75, 3.05) is 6.54 Å². The summed E-state index contributed by atoms with van der Waals surface area (Å²) in [5.41, 5.74) is 2.59. The van der Waals surface area contributed by atoms with Crippen molar-refractivity contribution in [3.63, 3.8) is 0 Å². The van der Waals surface area contributed by atoms with E-state index in [9.17, 15) is 31.9 Å². The fourth-order valence-corrected chi connectivity index (χ4v) is 7.39. The highest BCUT2D eigenvalue weighted by Gasteiger charge is 2.40. The quantitative estimate of drug-likeness (QED) is 0.0900. The molecule has 0 bridgehead atoms. The number of carbonyl (C=O) groups is 1. The van der Waals surface area contributed by atoms with Crippen LogP contribution in [0.1, 0.15) is 23.2 Å². The third-order valence-electron chi connectivity index (χ3n) is 6.66. The Labute approximate surface area is 242 Å². The normalized spacial score (nSPS) is 15.8. The number of carbonyl (C=O) groups excluding carboxylic acids is 1. The van der Waals surface area contributed by atoms with Gasteiger partial charge in [-0.15, -0.1) is 0 Å². The lowest BCUT2D eigenvalue weighted by molar-refractivity contribution is -0.594. The molecule has 2 atom stereocenters. The highest BCUT2D eigenvalue weighted by molar-refractivity contribution is 7.90. The third-order valence-corrected chi connectivity index (χ3v) is 10.0. The zero-order valence-electron chi connectivity index (χ0n) is 22.0. The van der Waals surface area contributed by atoms with E-state index in [0.717, 1.165) is 5.69 Å². The van der Waals surface area contributed by atoms with E-state index >= 15 is 0 Å². The summed E-state index contributed by atoms with van der Waals surface area (Å²) >= 11 is 0. The van der Waals surface area contributed by atoms with Crippen molar-refractivity contribution >= 4 is 26.0 Å². The summed E-state index contributed by atoms with van der Waals surface area (Å²) in [4.78, 5) is 15.4. The second-order valence-electron chi connectivity index (χ2n) is 9.41. The molecule has 1 amide bonds. The first-order valence-corrected chi connectivity index (χ1v) is 15.7. The number of aliphatic hydroxyl groups excluding tert-OH is 1. The van der Waals surface area contributed by atoms with Gasteiger partial charge in [-0.3, -0.25) is 4.79 Å². The monoisotopic (exact) mass is 614 g/mol. The number of sulfonamides is 2. The highest BCUT2D eigenvalue weighted by atomic mass is 32.2. The second kappa shape index (κ2) is 12.0. The number of hydrogen-bond acceptors (Lipinski definition) is 9. The largest absolute Gasteiger partial charge is 0.457 e. The summed E-state index contributed by atoms with van der Waals surface area (Å²) < 4.78 is 62.4. The molecule has 1 aromatic heterocycles. The van der Waals surface area contributed by atoms with Crippen molar-refractivity contribution in [2.24, 2.45) is 0 Å². The Morgan fingerprint density at radius 3 is 2.29 bits per heavy atom. The summed E-state index contributed by atoms with van der Waals surface area (Å²) in [5, 5.41) is 19.5. The lowest BCUT2D eigenvalue weighted by Gasteiger charge is -2.24. The number of H-pyrrole nitrogens is 1. The molecule has 0 saturated heterocycles. The van der Waals surface area contributed by atoms with Crippen LogP contribution in [-0.4, -0.2) is 61.2 Å². The van der Waals surface area contributed by atoms with Crippen molar-refractivity contribution in [2.45, 2.75) is 34.9 Å². The zero-order valence-corrected chi connectivity index (χ0v) is 23.6. The van der Waals surface area contributed by atoms with Crippen LogP contribution in [0.3, 0.4) is 0 Å². The molecule has 0 saturated carbocycles. The van der Waals surface area contributed by atoms with Crippen LogP contribution in [0.5, 0.6) is 11.5 Å². The number of aromatic nitrogens is 2. The summed E-state index contributed by atoms with van der Waals surface area (Å²) in [7, 11) is -8.22. The van der Waals surface area contributed by atoms with Crippen molar-refractivity contribution in [3.05, 3.63) is 97.1 Å². The molecule has 13 nitrogen and oxygen atoms in total. The summed E-state index contributed by atoms with van der Waals surface area (Å²) in [6.07, 6.45) is 3.63. The van der Waals surface area contributed by atoms with Crippen molar-refractivity contribution in [1.29, 1.82) is 0 Å². The number of hydrogen-bond donors (Lipinski definition) is 5. The number of fused-ring (bicyclic) bond motifs is 1. The number of amides is 1. The maximum Gasteiger partial charge on any atom is 0.269 e. The molecule has 1 aliphatic heterocycles. The Kier molecular flexibility index (Phi) is 8.40.